The molecule has 0 fully saturated rings. The summed E-state index contributed by atoms with van der Waals surface area (Å²) >= 11 is 0. The predicted octanol–water partition coefficient (Wildman–Crippen LogP) is 1.26. The van der Waals surface area contributed by atoms with Crippen LogP contribution in [0.1, 0.15) is 37.0 Å². The third-order valence-electron chi connectivity index (χ3n) is 3.16. The largest absolute Gasteiger partial charge is 0.478 e. The second kappa shape index (κ2) is 8.11. The van der Waals surface area contributed by atoms with Crippen molar-refractivity contribution in [3.05, 3.63) is 23.8 Å². The van der Waals surface area contributed by atoms with E-state index in [1.165, 1.54) is 12.1 Å². The molecule has 1 aromatic carbocycles. The Morgan fingerprint density at radius 1 is 1.36 bits per heavy atom. The smallest absolute Gasteiger partial charge is 0.335 e. The monoisotopic (exact) mass is 330 g/mol. The number of aliphatic hydroxyl groups is 1. The van der Waals surface area contributed by atoms with Gasteiger partial charge in [0.25, 0.3) is 0 Å². The van der Waals surface area contributed by atoms with Gasteiger partial charge in [-0.15, -0.1) is 0 Å². The Hall–Kier alpha value is -1.64. The standard InChI is InChI=1S/C14H22N2O5S/c1-3-10(2)16-12-6-5-11(14(18)19)9-13(12)22(20,21)15-7-4-8-17/h5-6,9-10,15-17H,3-4,7-8H2,1-2H3,(H,18,19). The first-order valence-electron chi connectivity index (χ1n) is 7.06. The number of aliphatic hydroxyl groups excluding tert-OH is 1. The van der Waals surface area contributed by atoms with Crippen molar-refractivity contribution in [1.82, 2.24) is 4.72 Å². The highest BCUT2D eigenvalue weighted by Crippen LogP contribution is 2.24. The summed E-state index contributed by atoms with van der Waals surface area (Å²) in [5.74, 6) is -1.19. The first-order chi connectivity index (χ1) is 10.3. The van der Waals surface area contributed by atoms with E-state index in [0.717, 1.165) is 12.5 Å². The van der Waals surface area contributed by atoms with Gasteiger partial charge in [0, 0.05) is 19.2 Å². The summed E-state index contributed by atoms with van der Waals surface area (Å²) in [6, 6.07) is 3.99. The van der Waals surface area contributed by atoms with Crippen molar-refractivity contribution in [2.45, 2.75) is 37.6 Å². The van der Waals surface area contributed by atoms with Crippen molar-refractivity contribution in [1.29, 1.82) is 0 Å². The van der Waals surface area contributed by atoms with Crippen LogP contribution in [-0.4, -0.2) is 43.8 Å². The molecular formula is C14H22N2O5S. The van der Waals surface area contributed by atoms with Gasteiger partial charge in [0.2, 0.25) is 10.0 Å². The average Bonchev–Trinajstić information content (AvgIpc) is 2.47. The number of aromatic carboxylic acids is 1. The first-order valence-corrected chi connectivity index (χ1v) is 8.54. The maximum absolute atomic E-state index is 12.3. The normalized spacial score (nSPS) is 12.9. The number of carbonyl (C=O) groups is 1. The molecule has 0 radical (unpaired) electrons. The van der Waals surface area contributed by atoms with Crippen LogP contribution in [0.4, 0.5) is 5.69 Å². The highest BCUT2D eigenvalue weighted by atomic mass is 32.2. The minimum atomic E-state index is -3.86. The van der Waals surface area contributed by atoms with Crippen LogP contribution in [0.25, 0.3) is 0 Å². The lowest BCUT2D eigenvalue weighted by Gasteiger charge is -2.17. The maximum atomic E-state index is 12.3. The van der Waals surface area contributed by atoms with Gasteiger partial charge in [0.05, 0.1) is 11.3 Å². The van der Waals surface area contributed by atoms with E-state index in [1.54, 1.807) is 0 Å². The van der Waals surface area contributed by atoms with Gasteiger partial charge in [-0.25, -0.2) is 17.9 Å². The second-order valence-electron chi connectivity index (χ2n) is 4.94. The number of carboxylic acids is 1. The molecule has 0 aliphatic heterocycles. The summed E-state index contributed by atoms with van der Waals surface area (Å²) < 4.78 is 27.0. The van der Waals surface area contributed by atoms with Gasteiger partial charge < -0.3 is 15.5 Å². The molecule has 0 saturated heterocycles. The molecule has 1 unspecified atom stereocenters. The number of rotatable bonds is 9. The van der Waals surface area contributed by atoms with Crippen molar-refractivity contribution >= 4 is 21.7 Å². The van der Waals surface area contributed by atoms with E-state index < -0.39 is 16.0 Å². The molecule has 1 rings (SSSR count). The van der Waals surface area contributed by atoms with E-state index in [2.05, 4.69) is 10.0 Å². The molecule has 7 nitrogen and oxygen atoms in total. The maximum Gasteiger partial charge on any atom is 0.335 e. The lowest BCUT2D eigenvalue weighted by molar-refractivity contribution is 0.0696. The Morgan fingerprint density at radius 3 is 2.59 bits per heavy atom. The van der Waals surface area contributed by atoms with Gasteiger partial charge in [0.15, 0.2) is 0 Å². The van der Waals surface area contributed by atoms with Crippen LogP contribution < -0.4 is 10.0 Å². The van der Waals surface area contributed by atoms with E-state index >= 15 is 0 Å². The molecule has 22 heavy (non-hydrogen) atoms. The highest BCUT2D eigenvalue weighted by Gasteiger charge is 2.21. The summed E-state index contributed by atoms with van der Waals surface area (Å²) in [5.41, 5.74) is 0.257. The summed E-state index contributed by atoms with van der Waals surface area (Å²) in [4.78, 5) is 11.0. The molecule has 1 atom stereocenters. The van der Waals surface area contributed by atoms with Crippen molar-refractivity contribution in [3.63, 3.8) is 0 Å². The third-order valence-corrected chi connectivity index (χ3v) is 4.66. The van der Waals surface area contributed by atoms with Crippen LogP contribution >= 0.6 is 0 Å². The van der Waals surface area contributed by atoms with Crippen LogP contribution in [-0.2, 0) is 10.0 Å². The number of benzene rings is 1. The minimum Gasteiger partial charge on any atom is -0.478 e. The van der Waals surface area contributed by atoms with Crippen molar-refractivity contribution < 1.29 is 23.4 Å². The summed E-state index contributed by atoms with van der Waals surface area (Å²) in [6.07, 6.45) is 1.07. The molecule has 0 spiro atoms. The zero-order valence-electron chi connectivity index (χ0n) is 12.7. The SMILES string of the molecule is CCC(C)Nc1ccc(C(=O)O)cc1S(=O)(=O)NCCCO. The van der Waals surface area contributed by atoms with Crippen LogP contribution in [0.5, 0.6) is 0 Å². The average molecular weight is 330 g/mol. The van der Waals surface area contributed by atoms with E-state index in [-0.39, 0.29) is 36.1 Å². The van der Waals surface area contributed by atoms with Gasteiger partial charge in [0.1, 0.15) is 4.90 Å². The quantitative estimate of drug-likeness (QED) is 0.507. The fourth-order valence-electron chi connectivity index (χ4n) is 1.73. The Bertz CT molecular complexity index is 616. The van der Waals surface area contributed by atoms with Gasteiger partial charge in [-0.05, 0) is 38.0 Å². The molecule has 1 aromatic rings. The molecule has 0 aliphatic carbocycles. The van der Waals surface area contributed by atoms with E-state index in [4.69, 9.17) is 10.2 Å². The molecule has 0 aromatic heterocycles. The Labute approximate surface area is 130 Å². The fourth-order valence-corrected chi connectivity index (χ4v) is 2.99. The highest BCUT2D eigenvalue weighted by molar-refractivity contribution is 7.89. The van der Waals surface area contributed by atoms with Crippen molar-refractivity contribution in [2.24, 2.45) is 0 Å². The van der Waals surface area contributed by atoms with Crippen molar-refractivity contribution in [2.75, 3.05) is 18.5 Å². The summed E-state index contributed by atoms with van der Waals surface area (Å²) in [6.45, 7) is 3.81. The number of hydrogen-bond acceptors (Lipinski definition) is 5. The molecule has 0 amide bonds. The van der Waals surface area contributed by atoms with Crippen LogP contribution in [0.15, 0.2) is 23.1 Å². The van der Waals surface area contributed by atoms with Crippen LogP contribution in [0.2, 0.25) is 0 Å². The van der Waals surface area contributed by atoms with Gasteiger partial charge >= 0.3 is 5.97 Å². The fraction of sp³-hybridized carbons (Fsp3) is 0.500. The van der Waals surface area contributed by atoms with Crippen molar-refractivity contribution in [3.8, 4) is 0 Å². The minimum absolute atomic E-state index is 0.0436. The topological polar surface area (TPSA) is 116 Å². The number of sulfonamides is 1. The number of carboxylic acid groups (broad SMARTS) is 1. The molecule has 8 heteroatoms. The number of hydrogen-bond donors (Lipinski definition) is 4. The number of nitrogens with one attached hydrogen (secondary N) is 2. The third kappa shape index (κ3) is 4.97. The molecule has 0 heterocycles. The van der Waals surface area contributed by atoms with E-state index in [9.17, 15) is 13.2 Å². The molecule has 0 aliphatic rings. The second-order valence-corrected chi connectivity index (χ2v) is 6.68. The van der Waals surface area contributed by atoms with Gasteiger partial charge in [-0.3, -0.25) is 0 Å². The first kappa shape index (κ1) is 18.4. The predicted molar refractivity (Wildman–Crippen MR) is 83.7 cm³/mol. The van der Waals surface area contributed by atoms with Crippen LogP contribution in [0, 0.1) is 0 Å². The molecule has 4 N–H and O–H groups in total. The number of anilines is 1. The summed E-state index contributed by atoms with van der Waals surface area (Å²) in [5, 5.41) is 20.8. The Kier molecular flexibility index (Phi) is 6.79. The summed E-state index contributed by atoms with van der Waals surface area (Å²) in [7, 11) is -3.86. The zero-order valence-corrected chi connectivity index (χ0v) is 13.5. The van der Waals surface area contributed by atoms with E-state index in [0.29, 0.717) is 5.69 Å². The Balaban J connectivity index is 3.21. The molecule has 0 saturated carbocycles. The lowest BCUT2D eigenvalue weighted by Crippen LogP contribution is -2.27. The zero-order chi connectivity index (χ0) is 16.8. The Morgan fingerprint density at radius 2 is 2.05 bits per heavy atom. The molecular weight excluding hydrogens is 308 g/mol. The molecule has 0 bridgehead atoms. The van der Waals surface area contributed by atoms with Gasteiger partial charge in [-0.2, -0.15) is 0 Å². The lowest BCUT2D eigenvalue weighted by atomic mass is 10.2. The molecule has 124 valence electrons. The van der Waals surface area contributed by atoms with E-state index in [1.807, 2.05) is 13.8 Å². The van der Waals surface area contributed by atoms with Gasteiger partial charge in [-0.1, -0.05) is 6.92 Å². The van der Waals surface area contributed by atoms with Crippen LogP contribution in [0.3, 0.4) is 0 Å².